The zero-order valence-electron chi connectivity index (χ0n) is 14.2. The first-order valence-electron chi connectivity index (χ1n) is 7.87. The highest BCUT2D eigenvalue weighted by molar-refractivity contribution is 7.92. The fourth-order valence-corrected chi connectivity index (χ4v) is 3.02. The maximum atomic E-state index is 12.5. The number of nitrogens with zero attached hydrogens (tertiary/aromatic N) is 3. The summed E-state index contributed by atoms with van der Waals surface area (Å²) in [6, 6.07) is 11.4. The van der Waals surface area contributed by atoms with E-state index in [-0.39, 0.29) is 5.69 Å². The Morgan fingerprint density at radius 3 is 1.65 bits per heavy atom. The predicted molar refractivity (Wildman–Crippen MR) is 93.9 cm³/mol. The number of hydrogen-bond donors (Lipinski definition) is 0. The average molecular weight is 385 g/mol. The van der Waals surface area contributed by atoms with Crippen LogP contribution in [0.1, 0.15) is 13.8 Å². The van der Waals surface area contributed by atoms with Gasteiger partial charge in [-0.05, 0) is 62.4 Å². The highest BCUT2D eigenvalue weighted by Gasteiger charge is 2.46. The second-order valence-electron chi connectivity index (χ2n) is 5.33. The number of rotatable bonds is 6. The van der Waals surface area contributed by atoms with E-state index >= 15 is 0 Å². The molecule has 0 aliphatic carbocycles. The van der Waals surface area contributed by atoms with Gasteiger partial charge in [0.2, 0.25) is 0 Å². The lowest BCUT2D eigenvalue weighted by atomic mass is 10.2. The molecule has 0 N–H and O–H groups in total. The molecule has 140 valence electrons. The van der Waals surface area contributed by atoms with Crippen molar-refractivity contribution in [3.8, 4) is 0 Å². The second-order valence-corrected chi connectivity index (χ2v) is 7.27. The van der Waals surface area contributed by atoms with E-state index in [1.54, 1.807) is 12.1 Å². The van der Waals surface area contributed by atoms with Crippen molar-refractivity contribution in [1.82, 2.24) is 0 Å². The molecule has 0 saturated carbocycles. The Morgan fingerprint density at radius 2 is 1.27 bits per heavy atom. The van der Waals surface area contributed by atoms with Crippen LogP contribution in [0, 0.1) is 0 Å². The van der Waals surface area contributed by atoms with E-state index in [1.165, 1.54) is 12.1 Å². The highest BCUT2D eigenvalue weighted by atomic mass is 32.2. The van der Waals surface area contributed by atoms with Crippen LogP contribution in [-0.2, 0) is 9.84 Å². The summed E-state index contributed by atoms with van der Waals surface area (Å²) in [5.74, 6) is 0. The van der Waals surface area contributed by atoms with Crippen molar-refractivity contribution in [3.63, 3.8) is 0 Å². The molecule has 0 spiro atoms. The molecule has 0 atom stereocenters. The van der Waals surface area contributed by atoms with Gasteiger partial charge in [0, 0.05) is 18.8 Å². The molecular weight excluding hydrogens is 367 g/mol. The summed E-state index contributed by atoms with van der Waals surface area (Å²) < 4.78 is 60.1. The lowest BCUT2D eigenvalue weighted by Crippen LogP contribution is -2.23. The van der Waals surface area contributed by atoms with Crippen LogP contribution in [0.5, 0.6) is 0 Å². The molecule has 9 heteroatoms. The molecule has 0 bridgehead atoms. The van der Waals surface area contributed by atoms with Crippen LogP contribution in [-0.4, -0.2) is 27.0 Å². The molecule has 0 saturated heterocycles. The first kappa shape index (κ1) is 19.9. The molecule has 0 aliphatic heterocycles. The second kappa shape index (κ2) is 7.86. The minimum absolute atomic E-state index is 0.249. The van der Waals surface area contributed by atoms with Crippen molar-refractivity contribution in [3.05, 3.63) is 48.5 Å². The van der Waals surface area contributed by atoms with Crippen LogP contribution in [0.25, 0.3) is 0 Å². The summed E-state index contributed by atoms with van der Waals surface area (Å²) in [5.41, 5.74) is -3.45. The molecule has 0 fully saturated rings. The molecule has 0 unspecified atom stereocenters. The summed E-state index contributed by atoms with van der Waals surface area (Å²) >= 11 is 0. The van der Waals surface area contributed by atoms with Crippen molar-refractivity contribution in [2.24, 2.45) is 10.2 Å². The van der Waals surface area contributed by atoms with E-state index in [0.717, 1.165) is 30.9 Å². The lowest BCUT2D eigenvalue weighted by Gasteiger charge is -2.20. The van der Waals surface area contributed by atoms with Crippen molar-refractivity contribution < 1.29 is 21.6 Å². The van der Waals surface area contributed by atoms with E-state index in [4.69, 9.17) is 0 Å². The van der Waals surface area contributed by atoms with E-state index < -0.39 is 20.2 Å². The zero-order chi connectivity index (χ0) is 19.4. The molecule has 2 aromatic carbocycles. The Hall–Kier alpha value is -2.42. The van der Waals surface area contributed by atoms with Gasteiger partial charge in [0.1, 0.15) is 0 Å². The smallest absolute Gasteiger partial charge is 0.372 e. The monoisotopic (exact) mass is 385 g/mol. The average Bonchev–Trinajstić information content (AvgIpc) is 2.61. The fraction of sp³-hybridized carbons (Fsp3) is 0.294. The summed E-state index contributed by atoms with van der Waals surface area (Å²) in [4.78, 5) is 1.34. The molecule has 2 rings (SSSR count). The van der Waals surface area contributed by atoms with Gasteiger partial charge in [-0.25, -0.2) is 8.42 Å². The summed E-state index contributed by atoms with van der Waals surface area (Å²) in [6.07, 6.45) is 0. The Bertz CT molecular complexity index is 858. The van der Waals surface area contributed by atoms with Crippen LogP contribution in [0.15, 0.2) is 63.7 Å². The van der Waals surface area contributed by atoms with Gasteiger partial charge in [0.25, 0.3) is 9.84 Å². The third-order valence-corrected chi connectivity index (χ3v) is 5.21. The van der Waals surface area contributed by atoms with Gasteiger partial charge in [-0.1, -0.05) is 0 Å². The number of alkyl halides is 3. The van der Waals surface area contributed by atoms with Gasteiger partial charge in [-0.2, -0.15) is 23.4 Å². The van der Waals surface area contributed by atoms with Gasteiger partial charge in [-0.3, -0.25) is 0 Å². The largest absolute Gasteiger partial charge is 0.501 e. The fourth-order valence-electron chi connectivity index (χ4n) is 2.26. The number of anilines is 1. The van der Waals surface area contributed by atoms with Crippen LogP contribution in [0.2, 0.25) is 0 Å². The first-order chi connectivity index (χ1) is 12.2. The number of halogens is 3. The predicted octanol–water partition coefficient (Wildman–Crippen LogP) is 5.24. The number of benzene rings is 2. The number of azo groups is 1. The summed E-state index contributed by atoms with van der Waals surface area (Å²) in [5, 5.41) is 7.92. The van der Waals surface area contributed by atoms with Gasteiger partial charge in [-0.15, -0.1) is 0 Å². The molecule has 26 heavy (non-hydrogen) atoms. The van der Waals surface area contributed by atoms with Gasteiger partial charge >= 0.3 is 5.51 Å². The Balaban J connectivity index is 2.14. The maximum Gasteiger partial charge on any atom is 0.501 e. The van der Waals surface area contributed by atoms with Crippen molar-refractivity contribution in [2.45, 2.75) is 24.3 Å². The van der Waals surface area contributed by atoms with Crippen LogP contribution >= 0.6 is 0 Å². The Kier molecular flexibility index (Phi) is 6.01. The number of hydrogen-bond acceptors (Lipinski definition) is 5. The third kappa shape index (κ3) is 4.40. The first-order valence-corrected chi connectivity index (χ1v) is 9.35. The normalized spacial score (nSPS) is 12.5. The van der Waals surface area contributed by atoms with Gasteiger partial charge in [0.15, 0.2) is 0 Å². The summed E-state index contributed by atoms with van der Waals surface area (Å²) in [6.45, 7) is 5.87. The van der Waals surface area contributed by atoms with Gasteiger partial charge < -0.3 is 4.90 Å². The standard InChI is InChI=1S/C17H18F3N3O2S/c1-3-23(4-2)15-9-5-13(6-10-15)21-22-14-7-11-16(12-8-14)26(24,25)17(18,19)20/h5-12H,3-4H2,1-2H3. The lowest BCUT2D eigenvalue weighted by molar-refractivity contribution is -0.0436. The topological polar surface area (TPSA) is 62.1 Å². The van der Waals surface area contributed by atoms with Crippen molar-refractivity contribution in [2.75, 3.05) is 18.0 Å². The molecule has 0 amide bonds. The highest BCUT2D eigenvalue weighted by Crippen LogP contribution is 2.31. The van der Waals surface area contributed by atoms with Crippen LogP contribution < -0.4 is 4.90 Å². The number of sulfone groups is 1. The quantitative estimate of drug-likeness (QED) is 0.639. The van der Waals surface area contributed by atoms with Crippen molar-refractivity contribution >= 4 is 26.9 Å². The van der Waals surface area contributed by atoms with E-state index in [0.29, 0.717) is 5.69 Å². The third-order valence-electron chi connectivity index (χ3n) is 3.71. The molecule has 0 heterocycles. The minimum atomic E-state index is -5.36. The molecule has 0 aliphatic rings. The Morgan fingerprint density at radius 1 is 0.846 bits per heavy atom. The van der Waals surface area contributed by atoms with Gasteiger partial charge in [0.05, 0.1) is 16.3 Å². The molecule has 2 aromatic rings. The van der Waals surface area contributed by atoms with E-state index in [9.17, 15) is 21.6 Å². The Labute approximate surface area is 150 Å². The van der Waals surface area contributed by atoms with E-state index in [2.05, 4.69) is 29.0 Å². The maximum absolute atomic E-state index is 12.5. The molecule has 0 radical (unpaired) electrons. The van der Waals surface area contributed by atoms with Crippen LogP contribution in [0.3, 0.4) is 0 Å². The minimum Gasteiger partial charge on any atom is -0.372 e. The van der Waals surface area contributed by atoms with Crippen LogP contribution in [0.4, 0.5) is 30.2 Å². The summed E-state index contributed by atoms with van der Waals surface area (Å²) in [7, 11) is -5.36. The molecule has 5 nitrogen and oxygen atoms in total. The zero-order valence-corrected chi connectivity index (χ0v) is 15.0. The molecular formula is C17H18F3N3O2S. The SMILES string of the molecule is CCN(CC)c1ccc(N=Nc2ccc(S(=O)(=O)C(F)(F)F)cc2)cc1. The van der Waals surface area contributed by atoms with Crippen molar-refractivity contribution in [1.29, 1.82) is 0 Å². The molecule has 0 aromatic heterocycles. The van der Waals surface area contributed by atoms with E-state index in [1.807, 2.05) is 12.1 Å².